The van der Waals surface area contributed by atoms with E-state index >= 15 is 0 Å². The molecular weight excluding hydrogens is 246 g/mol. The molecule has 0 radical (unpaired) electrons. The number of para-hydroxylation sites is 1. The number of anilines is 1. The summed E-state index contributed by atoms with van der Waals surface area (Å²) in [6.45, 7) is 2.01. The number of aromatic nitrogens is 2. The molecule has 0 aliphatic carbocycles. The summed E-state index contributed by atoms with van der Waals surface area (Å²) in [7, 11) is 0. The first kappa shape index (κ1) is 12.5. The van der Waals surface area contributed by atoms with Crippen molar-refractivity contribution in [3.63, 3.8) is 0 Å². The zero-order chi connectivity index (χ0) is 11.8. The van der Waals surface area contributed by atoms with Crippen LogP contribution in [0.2, 0.25) is 0 Å². The molecule has 1 heterocycles. The molecule has 0 spiro atoms. The number of nitrogens with zero attached hydrogens (tertiary/aromatic N) is 2. The van der Waals surface area contributed by atoms with Crippen LogP contribution < -0.4 is 5.73 Å². The van der Waals surface area contributed by atoms with E-state index in [0.29, 0.717) is 0 Å². The molecule has 92 valence electrons. The first-order valence-corrected chi connectivity index (χ1v) is 5.56. The third-order valence-corrected chi connectivity index (χ3v) is 2.89. The lowest BCUT2D eigenvalue weighted by Gasteiger charge is -2.03. The molecule has 0 unspecified atom stereocenters. The lowest BCUT2D eigenvalue weighted by Crippen LogP contribution is -1.96. The van der Waals surface area contributed by atoms with Crippen molar-refractivity contribution in [2.45, 2.75) is 6.92 Å². The van der Waals surface area contributed by atoms with Crippen molar-refractivity contribution in [3.8, 4) is 5.69 Å². The third-order valence-electron chi connectivity index (χ3n) is 2.89. The number of nitrogen functional groups attached to an aromatic ring is 1. The molecular formula is C14H14ClN3. The lowest BCUT2D eigenvalue weighted by molar-refractivity contribution is 0.889. The summed E-state index contributed by atoms with van der Waals surface area (Å²) >= 11 is 0. The molecule has 18 heavy (non-hydrogen) atoms. The Kier molecular flexibility index (Phi) is 3.26. The quantitative estimate of drug-likeness (QED) is 0.681. The number of halogens is 1. The molecule has 2 aromatic carbocycles. The van der Waals surface area contributed by atoms with Crippen LogP contribution >= 0.6 is 12.4 Å². The summed E-state index contributed by atoms with van der Waals surface area (Å²) < 4.78 is 1.93. The number of nitrogens with two attached hydrogens (primary N) is 1. The van der Waals surface area contributed by atoms with E-state index in [1.165, 1.54) is 0 Å². The van der Waals surface area contributed by atoms with Gasteiger partial charge in [-0.3, -0.25) is 0 Å². The number of fused-ring (bicyclic) bond motifs is 1. The van der Waals surface area contributed by atoms with E-state index in [9.17, 15) is 0 Å². The van der Waals surface area contributed by atoms with Crippen molar-refractivity contribution < 1.29 is 0 Å². The van der Waals surface area contributed by atoms with E-state index in [-0.39, 0.29) is 12.4 Å². The molecule has 0 saturated heterocycles. The van der Waals surface area contributed by atoms with Gasteiger partial charge in [-0.05, 0) is 37.3 Å². The Labute approximate surface area is 112 Å². The SMILES string of the molecule is Cc1nn(-c2ccccc2)c2cc(N)ccc12.Cl. The van der Waals surface area contributed by atoms with Crippen molar-refractivity contribution >= 4 is 29.0 Å². The minimum atomic E-state index is 0. The van der Waals surface area contributed by atoms with Crippen LogP contribution in [-0.2, 0) is 0 Å². The molecule has 3 aromatic rings. The van der Waals surface area contributed by atoms with Gasteiger partial charge in [0.15, 0.2) is 0 Å². The fourth-order valence-electron chi connectivity index (χ4n) is 2.05. The normalized spacial score (nSPS) is 10.3. The molecule has 2 N–H and O–H groups in total. The van der Waals surface area contributed by atoms with Gasteiger partial charge < -0.3 is 5.73 Å². The summed E-state index contributed by atoms with van der Waals surface area (Å²) in [4.78, 5) is 0. The van der Waals surface area contributed by atoms with Crippen LogP contribution in [0.1, 0.15) is 5.69 Å². The second-order valence-electron chi connectivity index (χ2n) is 4.11. The molecule has 4 heteroatoms. The second-order valence-corrected chi connectivity index (χ2v) is 4.11. The predicted octanol–water partition coefficient (Wildman–Crippen LogP) is 3.34. The van der Waals surface area contributed by atoms with Gasteiger partial charge in [0.2, 0.25) is 0 Å². The average Bonchev–Trinajstić information content (AvgIpc) is 2.67. The van der Waals surface area contributed by atoms with Crippen molar-refractivity contribution in [3.05, 3.63) is 54.2 Å². The fraction of sp³-hybridized carbons (Fsp3) is 0.0714. The Morgan fingerprint density at radius 3 is 2.50 bits per heavy atom. The van der Waals surface area contributed by atoms with Gasteiger partial charge in [0.05, 0.1) is 16.9 Å². The maximum Gasteiger partial charge on any atom is 0.0764 e. The molecule has 1 aromatic heterocycles. The van der Waals surface area contributed by atoms with Crippen molar-refractivity contribution in [2.75, 3.05) is 5.73 Å². The number of hydrogen-bond donors (Lipinski definition) is 1. The molecule has 0 fully saturated rings. The molecule has 0 aliphatic rings. The Bertz CT molecular complexity index is 674. The maximum absolute atomic E-state index is 5.84. The van der Waals surface area contributed by atoms with Gasteiger partial charge in [-0.15, -0.1) is 12.4 Å². The second kappa shape index (κ2) is 4.70. The van der Waals surface area contributed by atoms with E-state index in [1.54, 1.807) is 0 Å². The van der Waals surface area contributed by atoms with Crippen molar-refractivity contribution in [2.24, 2.45) is 0 Å². The van der Waals surface area contributed by atoms with Crippen LogP contribution in [-0.4, -0.2) is 9.78 Å². The van der Waals surface area contributed by atoms with Crippen LogP contribution in [0.3, 0.4) is 0 Å². The molecule has 0 amide bonds. The first-order valence-electron chi connectivity index (χ1n) is 5.56. The van der Waals surface area contributed by atoms with Crippen molar-refractivity contribution in [1.82, 2.24) is 9.78 Å². The number of benzene rings is 2. The molecule has 3 nitrogen and oxygen atoms in total. The highest BCUT2D eigenvalue weighted by Crippen LogP contribution is 2.23. The van der Waals surface area contributed by atoms with Gasteiger partial charge in [-0.1, -0.05) is 18.2 Å². The fourth-order valence-corrected chi connectivity index (χ4v) is 2.05. The largest absolute Gasteiger partial charge is 0.399 e. The predicted molar refractivity (Wildman–Crippen MR) is 77.5 cm³/mol. The molecule has 0 atom stereocenters. The highest BCUT2D eigenvalue weighted by Gasteiger charge is 2.08. The summed E-state index contributed by atoms with van der Waals surface area (Å²) in [5, 5.41) is 5.70. The van der Waals surface area contributed by atoms with E-state index < -0.39 is 0 Å². The van der Waals surface area contributed by atoms with Crippen LogP contribution in [0, 0.1) is 6.92 Å². The van der Waals surface area contributed by atoms with Gasteiger partial charge in [0, 0.05) is 11.1 Å². The maximum atomic E-state index is 5.84. The Hall–Kier alpha value is -2.00. The van der Waals surface area contributed by atoms with E-state index in [1.807, 2.05) is 60.1 Å². The smallest absolute Gasteiger partial charge is 0.0764 e. The summed E-state index contributed by atoms with van der Waals surface area (Å²) in [6, 6.07) is 16.0. The molecule has 0 bridgehead atoms. The monoisotopic (exact) mass is 259 g/mol. The Morgan fingerprint density at radius 2 is 1.78 bits per heavy atom. The number of rotatable bonds is 1. The molecule has 0 aliphatic heterocycles. The van der Waals surface area contributed by atoms with Gasteiger partial charge in [0.1, 0.15) is 0 Å². The minimum absolute atomic E-state index is 0. The van der Waals surface area contributed by atoms with E-state index in [4.69, 9.17) is 5.73 Å². The first-order chi connectivity index (χ1) is 8.25. The van der Waals surface area contributed by atoms with Crippen LogP contribution in [0.4, 0.5) is 5.69 Å². The highest BCUT2D eigenvalue weighted by molar-refractivity contribution is 5.86. The van der Waals surface area contributed by atoms with Crippen LogP contribution in [0.25, 0.3) is 16.6 Å². The van der Waals surface area contributed by atoms with Gasteiger partial charge in [-0.2, -0.15) is 5.10 Å². The zero-order valence-corrected chi connectivity index (χ0v) is 10.8. The van der Waals surface area contributed by atoms with Crippen molar-refractivity contribution in [1.29, 1.82) is 0 Å². The Morgan fingerprint density at radius 1 is 1.06 bits per heavy atom. The summed E-state index contributed by atoms with van der Waals surface area (Å²) in [5.41, 5.74) is 9.72. The Balaban J connectivity index is 0.00000120. The van der Waals surface area contributed by atoms with Crippen LogP contribution in [0.5, 0.6) is 0 Å². The lowest BCUT2D eigenvalue weighted by atomic mass is 10.2. The standard InChI is InChI=1S/C14H13N3.ClH/c1-10-13-8-7-11(15)9-14(13)17(16-10)12-5-3-2-4-6-12;/h2-9H,15H2,1H3;1H. The minimum Gasteiger partial charge on any atom is -0.399 e. The van der Waals surface area contributed by atoms with E-state index in [2.05, 4.69) is 5.10 Å². The highest BCUT2D eigenvalue weighted by atomic mass is 35.5. The summed E-state index contributed by atoms with van der Waals surface area (Å²) in [6.07, 6.45) is 0. The van der Waals surface area contributed by atoms with Gasteiger partial charge in [-0.25, -0.2) is 4.68 Å². The van der Waals surface area contributed by atoms with E-state index in [0.717, 1.165) is 28.0 Å². The van der Waals surface area contributed by atoms with Gasteiger partial charge >= 0.3 is 0 Å². The third kappa shape index (κ3) is 1.93. The topological polar surface area (TPSA) is 43.8 Å². The van der Waals surface area contributed by atoms with Gasteiger partial charge in [0.25, 0.3) is 0 Å². The average molecular weight is 260 g/mol. The number of aryl methyl sites for hydroxylation is 1. The molecule has 0 saturated carbocycles. The number of hydrogen-bond acceptors (Lipinski definition) is 2. The zero-order valence-electron chi connectivity index (χ0n) is 10.00. The van der Waals surface area contributed by atoms with Crippen LogP contribution in [0.15, 0.2) is 48.5 Å². The molecule has 3 rings (SSSR count). The summed E-state index contributed by atoms with van der Waals surface area (Å²) in [5.74, 6) is 0.